The summed E-state index contributed by atoms with van der Waals surface area (Å²) in [6.07, 6.45) is 8.70. The van der Waals surface area contributed by atoms with Crippen molar-refractivity contribution in [3.63, 3.8) is 0 Å². The number of nitrogen functional groups attached to an aromatic ring is 1. The van der Waals surface area contributed by atoms with Crippen LogP contribution < -0.4 is 11.3 Å². The van der Waals surface area contributed by atoms with Crippen molar-refractivity contribution in [2.75, 3.05) is 20.0 Å². The second-order valence-corrected chi connectivity index (χ2v) is 7.30. The summed E-state index contributed by atoms with van der Waals surface area (Å²) < 4.78 is 11.7. The Morgan fingerprint density at radius 3 is 2.46 bits per heavy atom. The first kappa shape index (κ1) is 19.8. The fourth-order valence-electron chi connectivity index (χ4n) is 2.83. The number of ether oxygens (including phenoxy) is 2. The van der Waals surface area contributed by atoms with Gasteiger partial charge in [0.05, 0.1) is 19.8 Å². The molecule has 0 spiro atoms. The molecule has 0 bridgehead atoms. The van der Waals surface area contributed by atoms with E-state index in [9.17, 15) is 9.59 Å². The van der Waals surface area contributed by atoms with Crippen LogP contribution in [-0.4, -0.2) is 34.6 Å². The van der Waals surface area contributed by atoms with E-state index in [0.29, 0.717) is 10.5 Å². The number of aryl methyl sites for hydroxylation is 1. The van der Waals surface area contributed by atoms with Gasteiger partial charge in [-0.3, -0.25) is 9.59 Å². The molecule has 9 heteroatoms. The Bertz CT molecular complexity index is 1040. The third-order valence-electron chi connectivity index (χ3n) is 4.32. The van der Waals surface area contributed by atoms with E-state index in [1.807, 2.05) is 0 Å². The third kappa shape index (κ3) is 3.84. The predicted molar refractivity (Wildman–Crippen MR) is 108 cm³/mol. The molecule has 2 N–H and O–H groups in total. The van der Waals surface area contributed by atoms with Crippen molar-refractivity contribution in [3.8, 4) is 0 Å². The van der Waals surface area contributed by atoms with Crippen LogP contribution in [0.1, 0.15) is 36.8 Å². The molecule has 8 nitrogen and oxygen atoms in total. The molecule has 0 aliphatic heterocycles. The number of nitrogens with zero attached hydrogens (tertiary/aromatic N) is 3. The molecule has 2 heterocycles. The molecule has 1 aliphatic rings. The Morgan fingerprint density at radius 2 is 1.86 bits per heavy atom. The van der Waals surface area contributed by atoms with Crippen LogP contribution in [0.25, 0.3) is 11.0 Å². The largest absolute Gasteiger partial charge is 0.492 e. The lowest BCUT2D eigenvalue weighted by Crippen LogP contribution is -2.17. The molecule has 148 valence electrons. The second-order valence-electron chi connectivity index (χ2n) is 6.26. The van der Waals surface area contributed by atoms with Gasteiger partial charge in [0.25, 0.3) is 11.3 Å². The molecule has 0 saturated carbocycles. The van der Waals surface area contributed by atoms with Crippen molar-refractivity contribution >= 4 is 34.0 Å². The highest BCUT2D eigenvalue weighted by Gasteiger charge is 2.22. The molecule has 0 fully saturated rings. The Labute approximate surface area is 166 Å². The van der Waals surface area contributed by atoms with E-state index in [1.54, 1.807) is 6.08 Å². The maximum absolute atomic E-state index is 12.5. The third-order valence-corrected chi connectivity index (χ3v) is 5.29. The fraction of sp³-hybridized carbons (Fsp3) is 0.368. The predicted octanol–water partition coefficient (Wildman–Crippen LogP) is 2.49. The minimum Gasteiger partial charge on any atom is -0.492 e. The number of hydrogen-bond donors (Lipinski definition) is 1. The first-order valence-electron chi connectivity index (χ1n) is 8.94. The van der Waals surface area contributed by atoms with Crippen LogP contribution in [0.3, 0.4) is 0 Å². The zero-order valence-electron chi connectivity index (χ0n) is 16.0. The molecular formula is C19H22N4O4S. The molecule has 0 radical (unpaired) electrons. The second kappa shape index (κ2) is 8.39. The Balaban J connectivity index is 2.04. The van der Waals surface area contributed by atoms with E-state index in [0.717, 1.165) is 30.7 Å². The standard InChI is InChI=1S/C19H22N4O4S/c1-4-5-6-7-15-22-23-17(20)12(18(25)21-19(23)28-15)8-11-9-13(26-2)16(24)14(10-11)27-3/h8-10H,4-7,20H2,1-3H3. The Hall–Kier alpha value is -2.94. The number of fused-ring (bicyclic) bond motifs is 1. The molecule has 0 amide bonds. The zero-order chi connectivity index (χ0) is 20.3. The number of anilines is 1. The van der Waals surface area contributed by atoms with E-state index < -0.39 is 5.56 Å². The molecule has 28 heavy (non-hydrogen) atoms. The summed E-state index contributed by atoms with van der Waals surface area (Å²) in [5.41, 5.74) is 6.50. The molecule has 0 saturated heterocycles. The van der Waals surface area contributed by atoms with Crippen molar-refractivity contribution in [3.05, 3.63) is 50.2 Å². The van der Waals surface area contributed by atoms with Crippen LogP contribution in [0, 0.1) is 0 Å². The van der Waals surface area contributed by atoms with Crippen LogP contribution in [0.15, 0.2) is 34.0 Å². The number of Topliss-reactive ketones (excluding diaryl/α,β-unsaturated/α-hetero) is 1. The SMILES string of the molecule is CCCCCc1nn2c(N)c(C=C3C=C(OC)C(=O)C(OC)=C3)c(=O)nc2s1. The summed E-state index contributed by atoms with van der Waals surface area (Å²) in [5.74, 6) is 0.0733. The lowest BCUT2D eigenvalue weighted by molar-refractivity contribution is -0.117. The Morgan fingerprint density at radius 1 is 1.18 bits per heavy atom. The summed E-state index contributed by atoms with van der Waals surface area (Å²) in [6.45, 7) is 2.14. The van der Waals surface area contributed by atoms with Gasteiger partial charge in [-0.05, 0) is 30.2 Å². The van der Waals surface area contributed by atoms with Crippen molar-refractivity contribution in [2.45, 2.75) is 32.6 Å². The molecular weight excluding hydrogens is 380 g/mol. The highest BCUT2D eigenvalue weighted by atomic mass is 32.1. The van der Waals surface area contributed by atoms with E-state index in [4.69, 9.17) is 15.2 Å². The number of unbranched alkanes of at least 4 members (excludes halogenated alkanes) is 2. The van der Waals surface area contributed by atoms with Gasteiger partial charge < -0.3 is 15.2 Å². The van der Waals surface area contributed by atoms with Crippen LogP contribution in [0.2, 0.25) is 0 Å². The maximum Gasteiger partial charge on any atom is 0.283 e. The summed E-state index contributed by atoms with van der Waals surface area (Å²) in [5, 5.41) is 5.39. The number of rotatable bonds is 7. The van der Waals surface area contributed by atoms with Gasteiger partial charge in [0.1, 0.15) is 10.8 Å². The normalized spacial score (nSPS) is 14.1. The summed E-state index contributed by atoms with van der Waals surface area (Å²) in [4.78, 5) is 29.2. The molecule has 0 unspecified atom stereocenters. The zero-order valence-corrected chi connectivity index (χ0v) is 16.8. The number of carbonyl (C=O) groups is 1. The number of methoxy groups -OCH3 is 2. The quantitative estimate of drug-likeness (QED) is 0.709. The van der Waals surface area contributed by atoms with Crippen molar-refractivity contribution in [2.24, 2.45) is 0 Å². The van der Waals surface area contributed by atoms with Crippen molar-refractivity contribution < 1.29 is 14.3 Å². The highest BCUT2D eigenvalue weighted by Crippen LogP contribution is 2.24. The Kier molecular flexibility index (Phi) is 5.93. The van der Waals surface area contributed by atoms with E-state index >= 15 is 0 Å². The van der Waals surface area contributed by atoms with E-state index in [-0.39, 0.29) is 28.7 Å². The van der Waals surface area contributed by atoms with Gasteiger partial charge >= 0.3 is 0 Å². The van der Waals surface area contributed by atoms with Crippen LogP contribution in [0.5, 0.6) is 0 Å². The molecule has 3 rings (SSSR count). The van der Waals surface area contributed by atoms with Gasteiger partial charge in [-0.25, -0.2) is 0 Å². The van der Waals surface area contributed by atoms with E-state index in [1.165, 1.54) is 42.2 Å². The van der Waals surface area contributed by atoms with Gasteiger partial charge in [-0.1, -0.05) is 31.1 Å². The fourth-order valence-corrected chi connectivity index (χ4v) is 3.77. The van der Waals surface area contributed by atoms with E-state index in [2.05, 4.69) is 17.0 Å². The highest BCUT2D eigenvalue weighted by molar-refractivity contribution is 7.16. The first-order valence-corrected chi connectivity index (χ1v) is 9.76. The molecule has 2 aromatic rings. The van der Waals surface area contributed by atoms with Gasteiger partial charge in [0.2, 0.25) is 4.96 Å². The summed E-state index contributed by atoms with van der Waals surface area (Å²) in [7, 11) is 2.79. The maximum atomic E-state index is 12.5. The molecule has 1 aliphatic carbocycles. The molecule has 0 atom stereocenters. The van der Waals surface area contributed by atoms with Crippen LogP contribution >= 0.6 is 11.3 Å². The molecule has 2 aromatic heterocycles. The van der Waals surface area contributed by atoms with Crippen LogP contribution in [0.4, 0.5) is 5.82 Å². The molecule has 0 aromatic carbocycles. The van der Waals surface area contributed by atoms with Gasteiger partial charge in [-0.15, -0.1) is 0 Å². The van der Waals surface area contributed by atoms with Gasteiger partial charge in [0, 0.05) is 6.42 Å². The number of ketones is 1. The average molecular weight is 402 g/mol. The minimum atomic E-state index is -0.453. The lowest BCUT2D eigenvalue weighted by atomic mass is 10.0. The summed E-state index contributed by atoms with van der Waals surface area (Å²) >= 11 is 1.37. The average Bonchev–Trinajstić information content (AvgIpc) is 3.09. The number of allylic oxidation sites excluding steroid dienone is 3. The monoisotopic (exact) mass is 402 g/mol. The smallest absolute Gasteiger partial charge is 0.283 e. The number of aromatic nitrogens is 3. The number of hydrogen-bond acceptors (Lipinski definition) is 8. The van der Waals surface area contributed by atoms with Crippen LogP contribution in [-0.2, 0) is 20.7 Å². The van der Waals surface area contributed by atoms with Crippen molar-refractivity contribution in [1.29, 1.82) is 0 Å². The minimum absolute atomic E-state index is 0.116. The van der Waals surface area contributed by atoms with Gasteiger partial charge in [-0.2, -0.15) is 14.6 Å². The van der Waals surface area contributed by atoms with Crippen molar-refractivity contribution in [1.82, 2.24) is 14.6 Å². The first-order chi connectivity index (χ1) is 13.5. The lowest BCUT2D eigenvalue weighted by Gasteiger charge is -2.13. The summed E-state index contributed by atoms with van der Waals surface area (Å²) in [6, 6.07) is 0. The topological polar surface area (TPSA) is 109 Å². The van der Waals surface area contributed by atoms with Gasteiger partial charge in [0.15, 0.2) is 11.5 Å². The number of carbonyl (C=O) groups excluding carboxylic acids is 1. The number of nitrogens with two attached hydrogens (primary N) is 1.